The standard InChI is InChI=1S/C15H23BrFN3/c1-19-5-6-20(2)14(10-19)9-13(18)8-11-7-12(16)3-4-15(11)17/h3-4,7,13-14H,5-6,8-10,18H2,1-2H3. The van der Waals surface area contributed by atoms with E-state index in [2.05, 4.69) is 39.8 Å². The molecule has 2 unspecified atom stereocenters. The second-order valence-electron chi connectivity index (χ2n) is 5.83. The maximum atomic E-state index is 13.8. The lowest BCUT2D eigenvalue weighted by Crippen LogP contribution is -2.51. The molecule has 1 aromatic rings. The molecule has 2 rings (SSSR count). The van der Waals surface area contributed by atoms with Gasteiger partial charge in [0.2, 0.25) is 0 Å². The predicted molar refractivity (Wildman–Crippen MR) is 84.3 cm³/mol. The summed E-state index contributed by atoms with van der Waals surface area (Å²) in [5.74, 6) is -0.169. The van der Waals surface area contributed by atoms with Crippen LogP contribution in [0.25, 0.3) is 0 Å². The van der Waals surface area contributed by atoms with Crippen LogP contribution in [0.4, 0.5) is 4.39 Å². The van der Waals surface area contributed by atoms with Crippen LogP contribution in [0, 0.1) is 5.82 Å². The fraction of sp³-hybridized carbons (Fsp3) is 0.600. The third kappa shape index (κ3) is 4.25. The van der Waals surface area contributed by atoms with Crippen LogP contribution in [0.15, 0.2) is 22.7 Å². The first kappa shape index (κ1) is 15.9. The number of hydrogen-bond donors (Lipinski definition) is 1. The van der Waals surface area contributed by atoms with Gasteiger partial charge in [0.05, 0.1) is 0 Å². The molecule has 1 heterocycles. The average molecular weight is 344 g/mol. The number of rotatable bonds is 4. The third-order valence-corrected chi connectivity index (χ3v) is 4.54. The van der Waals surface area contributed by atoms with Crippen LogP contribution >= 0.6 is 15.9 Å². The van der Waals surface area contributed by atoms with E-state index in [1.165, 1.54) is 6.07 Å². The molecular weight excluding hydrogens is 321 g/mol. The van der Waals surface area contributed by atoms with Crippen molar-refractivity contribution in [1.29, 1.82) is 0 Å². The smallest absolute Gasteiger partial charge is 0.126 e. The zero-order chi connectivity index (χ0) is 14.7. The van der Waals surface area contributed by atoms with Crippen molar-refractivity contribution >= 4 is 15.9 Å². The topological polar surface area (TPSA) is 32.5 Å². The molecule has 0 saturated carbocycles. The van der Waals surface area contributed by atoms with E-state index in [-0.39, 0.29) is 11.9 Å². The molecule has 0 radical (unpaired) electrons. The summed E-state index contributed by atoms with van der Waals surface area (Å²) in [6, 6.07) is 5.48. The minimum absolute atomic E-state index is 0.0160. The first-order valence-corrected chi connectivity index (χ1v) is 7.83. The van der Waals surface area contributed by atoms with Gasteiger partial charge >= 0.3 is 0 Å². The second-order valence-corrected chi connectivity index (χ2v) is 6.75. The van der Waals surface area contributed by atoms with E-state index in [4.69, 9.17) is 5.73 Å². The van der Waals surface area contributed by atoms with Crippen LogP contribution in [-0.4, -0.2) is 55.6 Å². The Bertz CT molecular complexity index is 455. The summed E-state index contributed by atoms with van der Waals surface area (Å²) in [6.07, 6.45) is 1.48. The number of piperazine rings is 1. The lowest BCUT2D eigenvalue weighted by molar-refractivity contribution is 0.104. The van der Waals surface area contributed by atoms with Gasteiger partial charge in [0, 0.05) is 36.2 Å². The van der Waals surface area contributed by atoms with Crippen molar-refractivity contribution in [2.24, 2.45) is 5.73 Å². The molecule has 1 aromatic carbocycles. The lowest BCUT2D eigenvalue weighted by Gasteiger charge is -2.38. The number of benzene rings is 1. The number of nitrogens with two attached hydrogens (primary N) is 1. The highest BCUT2D eigenvalue weighted by Gasteiger charge is 2.24. The Morgan fingerprint density at radius 2 is 2.15 bits per heavy atom. The Morgan fingerprint density at radius 3 is 2.90 bits per heavy atom. The molecule has 5 heteroatoms. The van der Waals surface area contributed by atoms with Crippen LogP contribution < -0.4 is 5.73 Å². The maximum absolute atomic E-state index is 13.8. The summed E-state index contributed by atoms with van der Waals surface area (Å²) in [5.41, 5.74) is 6.93. The summed E-state index contributed by atoms with van der Waals surface area (Å²) in [6.45, 7) is 3.20. The largest absolute Gasteiger partial charge is 0.327 e. The first-order chi connectivity index (χ1) is 9.45. The van der Waals surface area contributed by atoms with Crippen molar-refractivity contribution in [3.8, 4) is 0 Å². The molecule has 2 N–H and O–H groups in total. The number of likely N-dealkylation sites (N-methyl/N-ethyl adjacent to an activating group) is 2. The van der Waals surface area contributed by atoms with Crippen LogP contribution in [0.5, 0.6) is 0 Å². The molecule has 0 spiro atoms. The Kier molecular flexibility index (Phi) is 5.55. The van der Waals surface area contributed by atoms with Crippen molar-refractivity contribution in [3.05, 3.63) is 34.1 Å². The quantitative estimate of drug-likeness (QED) is 0.908. The van der Waals surface area contributed by atoms with Crippen LogP contribution in [0.3, 0.4) is 0 Å². The Labute approximate surface area is 129 Å². The summed E-state index contributed by atoms with van der Waals surface area (Å²) < 4.78 is 14.7. The van der Waals surface area contributed by atoms with Crippen LogP contribution in [-0.2, 0) is 6.42 Å². The van der Waals surface area contributed by atoms with E-state index < -0.39 is 0 Å². The highest BCUT2D eigenvalue weighted by molar-refractivity contribution is 9.10. The first-order valence-electron chi connectivity index (χ1n) is 7.04. The SMILES string of the molecule is CN1CCN(C)C(CC(N)Cc2cc(Br)ccc2F)C1. The van der Waals surface area contributed by atoms with Gasteiger partial charge in [-0.2, -0.15) is 0 Å². The zero-order valence-electron chi connectivity index (χ0n) is 12.1. The van der Waals surface area contributed by atoms with Crippen LogP contribution in [0.1, 0.15) is 12.0 Å². The molecule has 1 fully saturated rings. The summed E-state index contributed by atoms with van der Waals surface area (Å²) >= 11 is 3.38. The van der Waals surface area contributed by atoms with E-state index in [9.17, 15) is 4.39 Å². The normalized spacial score (nSPS) is 22.9. The zero-order valence-corrected chi connectivity index (χ0v) is 13.7. The van der Waals surface area contributed by atoms with Crippen molar-refractivity contribution in [3.63, 3.8) is 0 Å². The van der Waals surface area contributed by atoms with E-state index >= 15 is 0 Å². The predicted octanol–water partition coefficient (Wildman–Crippen LogP) is 2.09. The van der Waals surface area contributed by atoms with Crippen molar-refractivity contribution < 1.29 is 4.39 Å². The highest BCUT2D eigenvalue weighted by atomic mass is 79.9. The van der Waals surface area contributed by atoms with E-state index in [1.54, 1.807) is 6.07 Å². The molecule has 1 aliphatic heterocycles. The van der Waals surface area contributed by atoms with Gasteiger partial charge in [0.1, 0.15) is 5.82 Å². The van der Waals surface area contributed by atoms with Gasteiger partial charge in [-0.05, 0) is 50.7 Å². The Balaban J connectivity index is 1.94. The maximum Gasteiger partial charge on any atom is 0.126 e. The fourth-order valence-electron chi connectivity index (χ4n) is 2.77. The van der Waals surface area contributed by atoms with Gasteiger partial charge in [-0.1, -0.05) is 15.9 Å². The van der Waals surface area contributed by atoms with Gasteiger partial charge < -0.3 is 15.5 Å². The molecule has 20 heavy (non-hydrogen) atoms. The molecule has 3 nitrogen and oxygen atoms in total. The third-order valence-electron chi connectivity index (χ3n) is 4.04. The number of halogens is 2. The van der Waals surface area contributed by atoms with E-state index in [0.717, 1.165) is 30.5 Å². The summed E-state index contributed by atoms with van der Waals surface area (Å²) in [7, 11) is 4.28. The minimum atomic E-state index is -0.169. The summed E-state index contributed by atoms with van der Waals surface area (Å²) in [4.78, 5) is 4.69. The monoisotopic (exact) mass is 343 g/mol. The van der Waals surface area contributed by atoms with Crippen molar-refractivity contribution in [1.82, 2.24) is 9.80 Å². The van der Waals surface area contributed by atoms with Gasteiger partial charge in [0.25, 0.3) is 0 Å². The molecule has 0 aromatic heterocycles. The molecule has 112 valence electrons. The summed E-state index contributed by atoms with van der Waals surface area (Å²) in [5, 5.41) is 0. The molecule has 1 saturated heterocycles. The molecule has 0 bridgehead atoms. The van der Waals surface area contributed by atoms with E-state index in [1.807, 2.05) is 6.07 Å². The second kappa shape index (κ2) is 6.98. The van der Waals surface area contributed by atoms with Gasteiger partial charge in [0.15, 0.2) is 0 Å². The van der Waals surface area contributed by atoms with E-state index in [0.29, 0.717) is 18.0 Å². The Hall–Kier alpha value is -0.490. The molecule has 0 aliphatic carbocycles. The fourth-order valence-corrected chi connectivity index (χ4v) is 3.18. The molecule has 0 amide bonds. The van der Waals surface area contributed by atoms with Gasteiger partial charge in [-0.15, -0.1) is 0 Å². The minimum Gasteiger partial charge on any atom is -0.327 e. The van der Waals surface area contributed by atoms with Gasteiger partial charge in [-0.3, -0.25) is 0 Å². The molecule has 2 atom stereocenters. The van der Waals surface area contributed by atoms with Gasteiger partial charge in [-0.25, -0.2) is 4.39 Å². The highest BCUT2D eigenvalue weighted by Crippen LogP contribution is 2.19. The molecule has 1 aliphatic rings. The number of nitrogens with zero attached hydrogens (tertiary/aromatic N) is 2. The Morgan fingerprint density at radius 1 is 1.40 bits per heavy atom. The lowest BCUT2D eigenvalue weighted by atomic mass is 9.98. The average Bonchev–Trinajstić information content (AvgIpc) is 2.38. The molecular formula is C15H23BrFN3. The van der Waals surface area contributed by atoms with Crippen LogP contribution in [0.2, 0.25) is 0 Å². The van der Waals surface area contributed by atoms with Crippen molar-refractivity contribution in [2.75, 3.05) is 33.7 Å². The van der Waals surface area contributed by atoms with Crippen molar-refractivity contribution in [2.45, 2.75) is 24.9 Å². The number of hydrogen-bond acceptors (Lipinski definition) is 3.